The first-order valence-corrected chi connectivity index (χ1v) is 10.7. The van der Waals surface area contributed by atoms with E-state index in [1.54, 1.807) is 12.1 Å². The van der Waals surface area contributed by atoms with Crippen LogP contribution in [0.15, 0.2) is 24.3 Å². The molecule has 2 saturated carbocycles. The van der Waals surface area contributed by atoms with Crippen LogP contribution in [0.5, 0.6) is 0 Å². The molecule has 3 fully saturated rings. The lowest BCUT2D eigenvalue weighted by molar-refractivity contribution is -0.132. The Morgan fingerprint density at radius 1 is 1.00 bits per heavy atom. The molecule has 2 N–H and O–H groups in total. The van der Waals surface area contributed by atoms with Crippen molar-refractivity contribution in [3.63, 3.8) is 0 Å². The SMILES string of the molecule is O=C(CCN1C(=O)NC2(CCCCC2)C1=O)NC1(c2ccc(F)cc2)CCCC1. The average molecular weight is 401 g/mol. The largest absolute Gasteiger partial charge is 0.347 e. The van der Waals surface area contributed by atoms with Gasteiger partial charge in [-0.25, -0.2) is 9.18 Å². The van der Waals surface area contributed by atoms with E-state index >= 15 is 0 Å². The maximum absolute atomic E-state index is 13.3. The molecule has 4 amide bonds. The standard InChI is InChI=1S/C22H28FN3O3/c23-17-8-6-16(7-9-17)21(11-4-5-12-21)24-18(27)10-15-26-19(28)22(25-20(26)29)13-2-1-3-14-22/h6-9H,1-5,10-15H2,(H,24,27)(H,25,29). The van der Waals surface area contributed by atoms with Crippen molar-refractivity contribution in [1.82, 2.24) is 15.5 Å². The molecule has 1 heterocycles. The molecule has 0 unspecified atom stereocenters. The van der Waals surface area contributed by atoms with E-state index < -0.39 is 11.1 Å². The average Bonchev–Trinajstić information content (AvgIpc) is 3.26. The molecule has 156 valence electrons. The second-order valence-corrected chi connectivity index (χ2v) is 8.62. The van der Waals surface area contributed by atoms with Gasteiger partial charge >= 0.3 is 6.03 Å². The Kier molecular flexibility index (Phi) is 5.32. The third-order valence-electron chi connectivity index (χ3n) is 6.75. The Hall–Kier alpha value is -2.44. The fraction of sp³-hybridized carbons (Fsp3) is 0.591. The predicted octanol–water partition coefficient (Wildman–Crippen LogP) is 3.36. The number of hydrogen-bond acceptors (Lipinski definition) is 3. The van der Waals surface area contributed by atoms with Crippen LogP contribution in [0.2, 0.25) is 0 Å². The van der Waals surface area contributed by atoms with Crippen LogP contribution in [0.25, 0.3) is 0 Å². The zero-order valence-corrected chi connectivity index (χ0v) is 16.6. The number of carbonyl (C=O) groups is 3. The molecule has 1 spiro atoms. The van der Waals surface area contributed by atoms with Gasteiger partial charge in [-0.2, -0.15) is 0 Å². The van der Waals surface area contributed by atoms with Crippen LogP contribution in [0, 0.1) is 5.82 Å². The van der Waals surface area contributed by atoms with Crippen molar-refractivity contribution in [2.24, 2.45) is 0 Å². The lowest BCUT2D eigenvalue weighted by Crippen LogP contribution is -2.48. The summed E-state index contributed by atoms with van der Waals surface area (Å²) in [5, 5.41) is 6.00. The quantitative estimate of drug-likeness (QED) is 0.743. The number of benzene rings is 1. The molecule has 7 heteroatoms. The Morgan fingerprint density at radius 3 is 2.28 bits per heavy atom. The molecule has 0 bridgehead atoms. The van der Waals surface area contributed by atoms with Gasteiger partial charge in [0.2, 0.25) is 5.91 Å². The number of nitrogens with one attached hydrogen (secondary N) is 2. The van der Waals surface area contributed by atoms with Crippen LogP contribution < -0.4 is 10.6 Å². The minimum atomic E-state index is -0.757. The molecular weight excluding hydrogens is 373 g/mol. The van der Waals surface area contributed by atoms with Crippen molar-refractivity contribution in [3.05, 3.63) is 35.6 Å². The zero-order valence-electron chi connectivity index (χ0n) is 16.6. The third-order valence-corrected chi connectivity index (χ3v) is 6.75. The van der Waals surface area contributed by atoms with Gasteiger partial charge < -0.3 is 10.6 Å². The highest BCUT2D eigenvalue weighted by Gasteiger charge is 2.51. The van der Waals surface area contributed by atoms with Crippen molar-refractivity contribution >= 4 is 17.8 Å². The van der Waals surface area contributed by atoms with Crippen molar-refractivity contribution in [2.45, 2.75) is 75.3 Å². The monoisotopic (exact) mass is 401 g/mol. The number of halogens is 1. The van der Waals surface area contributed by atoms with Gasteiger partial charge in [-0.15, -0.1) is 0 Å². The fourth-order valence-electron chi connectivity index (χ4n) is 5.15. The molecule has 0 radical (unpaired) electrons. The molecule has 1 aliphatic heterocycles. The van der Waals surface area contributed by atoms with E-state index in [-0.39, 0.29) is 36.6 Å². The topological polar surface area (TPSA) is 78.5 Å². The number of rotatable bonds is 5. The highest BCUT2D eigenvalue weighted by molar-refractivity contribution is 6.07. The third kappa shape index (κ3) is 3.74. The molecule has 3 aliphatic rings. The normalized spacial score (nSPS) is 22.7. The molecule has 1 aromatic rings. The van der Waals surface area contributed by atoms with Gasteiger partial charge in [0.15, 0.2) is 0 Å². The molecule has 1 aromatic carbocycles. The van der Waals surface area contributed by atoms with E-state index in [0.29, 0.717) is 12.8 Å². The minimum Gasteiger partial charge on any atom is -0.347 e. The Bertz CT molecular complexity index is 796. The molecule has 0 aromatic heterocycles. The van der Waals surface area contributed by atoms with E-state index in [1.807, 2.05) is 0 Å². The summed E-state index contributed by atoms with van der Waals surface area (Å²) < 4.78 is 13.3. The van der Waals surface area contributed by atoms with E-state index in [1.165, 1.54) is 17.0 Å². The summed E-state index contributed by atoms with van der Waals surface area (Å²) >= 11 is 0. The number of amides is 4. The summed E-state index contributed by atoms with van der Waals surface area (Å²) in [5.74, 6) is -0.686. The minimum absolute atomic E-state index is 0.0676. The van der Waals surface area contributed by atoms with Crippen molar-refractivity contribution in [1.29, 1.82) is 0 Å². The molecule has 6 nitrogen and oxygen atoms in total. The highest BCUT2D eigenvalue weighted by atomic mass is 19.1. The van der Waals surface area contributed by atoms with Crippen LogP contribution in [0.4, 0.5) is 9.18 Å². The van der Waals surface area contributed by atoms with E-state index in [0.717, 1.165) is 50.5 Å². The van der Waals surface area contributed by atoms with Gasteiger partial charge in [0.05, 0.1) is 5.54 Å². The second-order valence-electron chi connectivity index (χ2n) is 8.62. The second kappa shape index (κ2) is 7.76. The van der Waals surface area contributed by atoms with E-state index in [2.05, 4.69) is 10.6 Å². The maximum Gasteiger partial charge on any atom is 0.325 e. The van der Waals surface area contributed by atoms with Crippen LogP contribution in [-0.2, 0) is 15.1 Å². The van der Waals surface area contributed by atoms with Crippen molar-refractivity contribution in [2.75, 3.05) is 6.54 Å². The van der Waals surface area contributed by atoms with Gasteiger partial charge in [-0.3, -0.25) is 14.5 Å². The highest BCUT2D eigenvalue weighted by Crippen LogP contribution is 2.39. The fourth-order valence-corrected chi connectivity index (χ4v) is 5.15. The van der Waals surface area contributed by atoms with E-state index in [9.17, 15) is 18.8 Å². The molecule has 4 rings (SSSR count). The van der Waals surface area contributed by atoms with Gasteiger partial charge in [0, 0.05) is 13.0 Å². The van der Waals surface area contributed by atoms with Crippen molar-refractivity contribution < 1.29 is 18.8 Å². The summed E-state index contributed by atoms with van der Waals surface area (Å²) in [5.41, 5.74) is -0.347. The molecule has 29 heavy (non-hydrogen) atoms. The van der Waals surface area contributed by atoms with Gasteiger partial charge in [0.1, 0.15) is 11.4 Å². The van der Waals surface area contributed by atoms with Gasteiger partial charge in [0.25, 0.3) is 5.91 Å². The zero-order chi connectivity index (χ0) is 20.5. The van der Waals surface area contributed by atoms with Crippen molar-refractivity contribution in [3.8, 4) is 0 Å². The predicted molar refractivity (Wildman–Crippen MR) is 105 cm³/mol. The van der Waals surface area contributed by atoms with Gasteiger partial charge in [-0.05, 0) is 43.4 Å². The first-order chi connectivity index (χ1) is 13.9. The van der Waals surface area contributed by atoms with Crippen LogP contribution >= 0.6 is 0 Å². The van der Waals surface area contributed by atoms with Crippen LogP contribution in [0.3, 0.4) is 0 Å². The van der Waals surface area contributed by atoms with Gasteiger partial charge in [-0.1, -0.05) is 44.2 Å². The first kappa shape index (κ1) is 19.9. The summed E-state index contributed by atoms with van der Waals surface area (Å²) in [4.78, 5) is 39.1. The van der Waals surface area contributed by atoms with Crippen LogP contribution in [-0.4, -0.2) is 34.8 Å². The molecule has 1 saturated heterocycles. The smallest absolute Gasteiger partial charge is 0.325 e. The molecular formula is C22H28FN3O3. The lowest BCUT2D eigenvalue weighted by atomic mass is 9.82. The number of hydrogen-bond donors (Lipinski definition) is 2. The number of nitrogens with zero attached hydrogens (tertiary/aromatic N) is 1. The molecule has 2 aliphatic carbocycles. The summed E-state index contributed by atoms with van der Waals surface area (Å²) in [7, 11) is 0. The summed E-state index contributed by atoms with van der Waals surface area (Å²) in [6.07, 6.45) is 7.95. The number of carbonyl (C=O) groups excluding carboxylic acids is 3. The summed E-state index contributed by atoms with van der Waals surface area (Å²) in [6, 6.07) is 5.89. The maximum atomic E-state index is 13.3. The number of urea groups is 1. The first-order valence-electron chi connectivity index (χ1n) is 10.7. The van der Waals surface area contributed by atoms with E-state index in [4.69, 9.17) is 0 Å². The Labute approximate surface area is 170 Å². The lowest BCUT2D eigenvalue weighted by Gasteiger charge is -2.32. The summed E-state index contributed by atoms with van der Waals surface area (Å²) in [6.45, 7) is 0.0811. The number of imide groups is 1. The Balaban J connectivity index is 1.40. The molecule has 0 atom stereocenters. The van der Waals surface area contributed by atoms with Crippen LogP contribution in [0.1, 0.15) is 69.8 Å². The Morgan fingerprint density at radius 2 is 1.62 bits per heavy atom.